The molecule has 0 amide bonds. The van der Waals surface area contributed by atoms with Crippen LogP contribution in [0, 0.1) is 20.2 Å². The molecule has 6 nitrogen and oxygen atoms in total. The molecular weight excluding hydrogens is 208 g/mol. The van der Waals surface area contributed by atoms with Gasteiger partial charge >= 0.3 is 6.17 Å². The first-order chi connectivity index (χ1) is 4.46. The Morgan fingerprint density at radius 2 is 1.60 bits per heavy atom. The zero-order chi connectivity index (χ0) is 8.31. The Kier molecular flexibility index (Phi) is 3.20. The zero-order valence-corrected chi connectivity index (χ0v) is 6.65. The zero-order valence-electron chi connectivity index (χ0n) is 5.06. The summed E-state index contributed by atoms with van der Waals surface area (Å²) in [6.45, 7) is 1.36. The smallest absolute Gasteiger partial charge is 0.259 e. The summed E-state index contributed by atoms with van der Waals surface area (Å²) in [7, 11) is 0. The van der Waals surface area contributed by atoms with Crippen molar-refractivity contribution in [2.75, 3.05) is 0 Å². The maximum atomic E-state index is 9.92. The van der Waals surface area contributed by atoms with Crippen LogP contribution in [0.25, 0.3) is 0 Å². The Morgan fingerprint density at radius 1 is 1.30 bits per heavy atom. The van der Waals surface area contributed by atoms with Crippen molar-refractivity contribution >= 4 is 15.9 Å². The van der Waals surface area contributed by atoms with Crippen molar-refractivity contribution in [2.24, 2.45) is 0 Å². The van der Waals surface area contributed by atoms with Gasteiger partial charge in [0.05, 0.1) is 9.85 Å². The van der Waals surface area contributed by atoms with Gasteiger partial charge in [0.2, 0.25) is 0 Å². The van der Waals surface area contributed by atoms with E-state index in [0.717, 1.165) is 0 Å². The summed E-state index contributed by atoms with van der Waals surface area (Å²) in [4.78, 5) is 17.2. The van der Waals surface area contributed by atoms with E-state index in [2.05, 4.69) is 15.9 Å². The largest absolute Gasteiger partial charge is 0.462 e. The average molecular weight is 213 g/mol. The number of hydrogen-bond acceptors (Lipinski definition) is 4. The van der Waals surface area contributed by atoms with E-state index in [1.807, 2.05) is 0 Å². The van der Waals surface area contributed by atoms with E-state index in [9.17, 15) is 20.2 Å². The van der Waals surface area contributed by atoms with Gasteiger partial charge in [-0.15, -0.1) is 0 Å². The third kappa shape index (κ3) is 2.26. The monoisotopic (exact) mass is 212 g/mol. The van der Waals surface area contributed by atoms with E-state index >= 15 is 0 Å². The van der Waals surface area contributed by atoms with Crippen molar-refractivity contribution in [3.63, 3.8) is 0 Å². The summed E-state index contributed by atoms with van der Waals surface area (Å²) in [5.74, 6) is 0. The lowest BCUT2D eigenvalue weighted by Gasteiger charge is -2.01. The quantitative estimate of drug-likeness (QED) is 0.298. The Balaban J connectivity index is 4.27. The molecule has 0 saturated carbocycles. The number of halogens is 1. The summed E-state index contributed by atoms with van der Waals surface area (Å²) in [6.07, 6.45) is -1.75. The van der Waals surface area contributed by atoms with Gasteiger partial charge in [0.25, 0.3) is 0 Å². The van der Waals surface area contributed by atoms with Crippen LogP contribution in [-0.4, -0.2) is 20.8 Å². The first-order valence-electron chi connectivity index (χ1n) is 2.38. The summed E-state index contributed by atoms with van der Waals surface area (Å²) >= 11 is 2.76. The molecule has 0 aromatic rings. The standard InChI is InChI=1S/C3H5BrN2O4/c1-2(4)3(5(7)8)6(9)10/h2-3H,1H3. The van der Waals surface area contributed by atoms with Crippen LogP contribution in [0.1, 0.15) is 6.92 Å². The van der Waals surface area contributed by atoms with E-state index in [0.29, 0.717) is 0 Å². The highest BCUT2D eigenvalue weighted by Crippen LogP contribution is 2.07. The summed E-state index contributed by atoms with van der Waals surface area (Å²) in [5.41, 5.74) is 0. The van der Waals surface area contributed by atoms with Crippen molar-refractivity contribution in [1.29, 1.82) is 0 Å². The molecule has 58 valence electrons. The minimum atomic E-state index is -1.75. The molecule has 0 aromatic heterocycles. The van der Waals surface area contributed by atoms with Gasteiger partial charge < -0.3 is 0 Å². The molecule has 0 heterocycles. The van der Waals surface area contributed by atoms with Gasteiger partial charge in [-0.25, -0.2) is 0 Å². The predicted octanol–water partition coefficient (Wildman–Crippen LogP) is 0.649. The first-order valence-corrected chi connectivity index (χ1v) is 3.29. The highest BCUT2D eigenvalue weighted by Gasteiger charge is 2.37. The molecule has 1 atom stereocenters. The number of rotatable bonds is 3. The molecule has 0 aliphatic heterocycles. The van der Waals surface area contributed by atoms with E-state index in [1.165, 1.54) is 6.92 Å². The van der Waals surface area contributed by atoms with E-state index < -0.39 is 20.8 Å². The summed E-state index contributed by atoms with van der Waals surface area (Å²) < 4.78 is 0. The van der Waals surface area contributed by atoms with Gasteiger partial charge in [0.1, 0.15) is 0 Å². The fourth-order valence-electron chi connectivity index (χ4n) is 0.412. The van der Waals surface area contributed by atoms with Gasteiger partial charge in [-0.3, -0.25) is 20.2 Å². The third-order valence-electron chi connectivity index (χ3n) is 0.843. The summed E-state index contributed by atoms with van der Waals surface area (Å²) in [5, 5.41) is 19.8. The van der Waals surface area contributed by atoms with Crippen LogP contribution in [-0.2, 0) is 0 Å². The Bertz CT molecular complexity index is 145. The number of nitro groups is 2. The SMILES string of the molecule is CC(Br)C([N+](=O)[O-])[N+](=O)[O-]. The van der Waals surface area contributed by atoms with Crippen LogP contribution in [0.4, 0.5) is 0 Å². The molecule has 0 fully saturated rings. The summed E-state index contributed by atoms with van der Waals surface area (Å²) in [6, 6.07) is 0. The minimum Gasteiger partial charge on any atom is -0.259 e. The molecule has 1 unspecified atom stereocenters. The molecule has 0 aromatic carbocycles. The first kappa shape index (κ1) is 9.28. The van der Waals surface area contributed by atoms with E-state index in [1.54, 1.807) is 0 Å². The van der Waals surface area contributed by atoms with Gasteiger partial charge in [0, 0.05) is 0 Å². The van der Waals surface area contributed by atoms with Crippen molar-refractivity contribution in [2.45, 2.75) is 17.9 Å². The normalized spacial score (nSPS) is 13.1. The topological polar surface area (TPSA) is 86.3 Å². The van der Waals surface area contributed by atoms with Crippen molar-refractivity contribution < 1.29 is 9.85 Å². The highest BCUT2D eigenvalue weighted by atomic mass is 79.9. The van der Waals surface area contributed by atoms with Crippen molar-refractivity contribution in [1.82, 2.24) is 0 Å². The molecule has 0 saturated heterocycles. The fraction of sp³-hybridized carbons (Fsp3) is 1.00. The van der Waals surface area contributed by atoms with Gasteiger partial charge in [-0.1, -0.05) is 15.9 Å². The van der Waals surface area contributed by atoms with Crippen LogP contribution in [0.15, 0.2) is 0 Å². The van der Waals surface area contributed by atoms with Crippen LogP contribution >= 0.6 is 15.9 Å². The molecule has 0 radical (unpaired) electrons. The average Bonchev–Trinajstić information content (AvgIpc) is 1.59. The molecule has 0 rings (SSSR count). The fourth-order valence-corrected chi connectivity index (χ4v) is 0.799. The van der Waals surface area contributed by atoms with Crippen LogP contribution in [0.5, 0.6) is 0 Å². The van der Waals surface area contributed by atoms with Gasteiger partial charge in [0.15, 0.2) is 4.83 Å². The Labute approximate surface area is 64.6 Å². The molecule has 0 aliphatic carbocycles. The van der Waals surface area contributed by atoms with E-state index in [-0.39, 0.29) is 0 Å². The molecule has 10 heavy (non-hydrogen) atoms. The predicted molar refractivity (Wildman–Crippen MR) is 36.2 cm³/mol. The second kappa shape index (κ2) is 3.45. The van der Waals surface area contributed by atoms with Crippen LogP contribution in [0.3, 0.4) is 0 Å². The lowest BCUT2D eigenvalue weighted by atomic mass is 10.4. The molecular formula is C3H5BrN2O4. The second-order valence-corrected chi connectivity index (χ2v) is 3.11. The molecule has 0 N–H and O–H groups in total. The minimum absolute atomic E-state index is 0.752. The number of nitrogens with zero attached hydrogens (tertiary/aromatic N) is 2. The maximum Gasteiger partial charge on any atom is 0.462 e. The highest BCUT2D eigenvalue weighted by molar-refractivity contribution is 9.09. The third-order valence-corrected chi connectivity index (χ3v) is 1.32. The molecule has 0 spiro atoms. The lowest BCUT2D eigenvalue weighted by molar-refractivity contribution is -0.740. The van der Waals surface area contributed by atoms with Crippen LogP contribution in [0.2, 0.25) is 0 Å². The molecule has 0 aliphatic rings. The van der Waals surface area contributed by atoms with Crippen LogP contribution < -0.4 is 0 Å². The number of hydrogen-bond donors (Lipinski definition) is 0. The van der Waals surface area contributed by atoms with Crippen molar-refractivity contribution in [3.05, 3.63) is 20.2 Å². The van der Waals surface area contributed by atoms with Gasteiger partial charge in [-0.05, 0) is 6.92 Å². The second-order valence-electron chi connectivity index (χ2n) is 1.66. The lowest BCUT2D eigenvalue weighted by Crippen LogP contribution is -2.35. The molecule has 0 bridgehead atoms. The Morgan fingerprint density at radius 3 is 1.60 bits per heavy atom. The Hall–Kier alpha value is -0.720. The van der Waals surface area contributed by atoms with Gasteiger partial charge in [-0.2, -0.15) is 0 Å². The molecule has 7 heteroatoms. The van der Waals surface area contributed by atoms with Crippen molar-refractivity contribution in [3.8, 4) is 0 Å². The maximum absolute atomic E-state index is 9.92. The number of alkyl halides is 1. The van der Waals surface area contributed by atoms with E-state index in [4.69, 9.17) is 0 Å².